The Morgan fingerprint density at radius 2 is 2.14 bits per heavy atom. The average Bonchev–Trinajstić information content (AvgIpc) is 3.60. The number of urea groups is 1. The van der Waals surface area contributed by atoms with E-state index in [0.717, 1.165) is 46.7 Å². The van der Waals surface area contributed by atoms with Crippen LogP contribution >= 0.6 is 11.6 Å². The smallest absolute Gasteiger partial charge is 0.322 e. The number of aromatic amines is 1. The first-order chi connectivity index (χ1) is 18.0. The Balaban J connectivity index is 1.20. The summed E-state index contributed by atoms with van der Waals surface area (Å²) in [5.74, 6) is 0.230. The molecule has 3 aromatic heterocycles. The molecular formula is C27H26ClN7O2. The molecule has 10 heteroatoms. The molecular weight excluding hydrogens is 490 g/mol. The Morgan fingerprint density at radius 1 is 1.24 bits per heavy atom. The van der Waals surface area contributed by atoms with Crippen LogP contribution in [0.1, 0.15) is 52.0 Å². The molecule has 1 aliphatic carbocycles. The third-order valence-electron chi connectivity index (χ3n) is 7.04. The second kappa shape index (κ2) is 9.40. The van der Waals surface area contributed by atoms with Gasteiger partial charge in [-0.2, -0.15) is 0 Å². The Labute approximate surface area is 218 Å². The molecule has 3 amide bonds. The van der Waals surface area contributed by atoms with E-state index in [-0.39, 0.29) is 18.6 Å². The van der Waals surface area contributed by atoms with Gasteiger partial charge in [0.05, 0.1) is 29.2 Å². The van der Waals surface area contributed by atoms with Gasteiger partial charge >= 0.3 is 6.03 Å². The quantitative estimate of drug-likeness (QED) is 0.336. The lowest BCUT2D eigenvalue weighted by atomic mass is 10.0. The highest BCUT2D eigenvalue weighted by Crippen LogP contribution is 2.37. The van der Waals surface area contributed by atoms with E-state index in [1.54, 1.807) is 11.1 Å². The summed E-state index contributed by atoms with van der Waals surface area (Å²) in [6.45, 7) is 0.775. The molecule has 37 heavy (non-hydrogen) atoms. The van der Waals surface area contributed by atoms with E-state index in [1.807, 2.05) is 41.0 Å². The molecule has 1 atom stereocenters. The van der Waals surface area contributed by atoms with Gasteiger partial charge in [0.1, 0.15) is 11.0 Å². The number of rotatable bonds is 5. The summed E-state index contributed by atoms with van der Waals surface area (Å²) >= 11 is 6.66. The number of allylic oxidation sites excluding steroid dienone is 2. The molecule has 2 aliphatic rings. The molecule has 188 valence electrons. The number of aromatic nitrogens is 4. The number of H-pyrrole nitrogens is 1. The van der Waals surface area contributed by atoms with Crippen LogP contribution in [-0.2, 0) is 19.4 Å². The molecule has 0 bridgehead atoms. The molecule has 0 saturated carbocycles. The number of imidazole rings is 1. The highest BCUT2D eigenvalue weighted by atomic mass is 35.5. The van der Waals surface area contributed by atoms with Crippen molar-refractivity contribution in [2.24, 2.45) is 5.73 Å². The summed E-state index contributed by atoms with van der Waals surface area (Å²) in [7, 11) is 0. The average molecular weight is 516 g/mol. The van der Waals surface area contributed by atoms with E-state index in [1.165, 1.54) is 0 Å². The number of amides is 3. The van der Waals surface area contributed by atoms with E-state index in [4.69, 9.17) is 17.3 Å². The minimum Gasteiger partial charge on any atom is -0.365 e. The van der Waals surface area contributed by atoms with E-state index >= 15 is 0 Å². The van der Waals surface area contributed by atoms with Gasteiger partial charge in [-0.05, 0) is 43.2 Å². The fourth-order valence-corrected chi connectivity index (χ4v) is 5.74. The predicted octanol–water partition coefficient (Wildman–Crippen LogP) is 4.58. The molecule has 4 aromatic rings. The maximum Gasteiger partial charge on any atom is 0.322 e. The number of halogens is 1. The van der Waals surface area contributed by atoms with Crippen molar-refractivity contribution in [1.82, 2.24) is 24.4 Å². The highest BCUT2D eigenvalue weighted by molar-refractivity contribution is 6.33. The molecule has 9 nitrogen and oxygen atoms in total. The number of nitrogens with one attached hydrogen (secondary N) is 2. The minimum atomic E-state index is -0.574. The SMILES string of the molecule is NC(=O)c1c2c(n(C3C=CCC3)c1Cl)CCN(C(=O)Nc1ccc3nc(Cc4ccccn4)[nH]c3c1)C2. The zero-order chi connectivity index (χ0) is 25.5. The summed E-state index contributed by atoms with van der Waals surface area (Å²) in [4.78, 5) is 39.5. The Kier molecular flexibility index (Phi) is 5.92. The van der Waals surface area contributed by atoms with Crippen LogP contribution < -0.4 is 11.1 Å². The van der Waals surface area contributed by atoms with Crippen molar-refractivity contribution < 1.29 is 9.59 Å². The van der Waals surface area contributed by atoms with Crippen molar-refractivity contribution in [3.8, 4) is 0 Å². The van der Waals surface area contributed by atoms with Crippen molar-refractivity contribution in [3.05, 3.63) is 88.2 Å². The Hall–Kier alpha value is -4.11. The molecule has 0 fully saturated rings. The van der Waals surface area contributed by atoms with Crippen LogP contribution in [-0.4, -0.2) is 42.9 Å². The van der Waals surface area contributed by atoms with Gasteiger partial charge in [-0.1, -0.05) is 29.8 Å². The van der Waals surface area contributed by atoms with Crippen molar-refractivity contribution in [2.75, 3.05) is 11.9 Å². The molecule has 4 N–H and O–H groups in total. The number of carbonyl (C=O) groups excluding carboxylic acids is 2. The molecule has 1 aliphatic heterocycles. The molecule has 1 aromatic carbocycles. The van der Waals surface area contributed by atoms with Gasteiger partial charge in [0.15, 0.2) is 0 Å². The Morgan fingerprint density at radius 3 is 2.89 bits per heavy atom. The van der Waals surface area contributed by atoms with Crippen LogP contribution in [0.5, 0.6) is 0 Å². The first kappa shape index (κ1) is 23.3. The van der Waals surface area contributed by atoms with Crippen molar-refractivity contribution in [2.45, 2.75) is 38.3 Å². The van der Waals surface area contributed by atoms with Gasteiger partial charge in [-0.15, -0.1) is 0 Å². The zero-order valence-corrected chi connectivity index (χ0v) is 20.8. The first-order valence-electron chi connectivity index (χ1n) is 12.3. The number of benzene rings is 1. The lowest BCUT2D eigenvalue weighted by Crippen LogP contribution is -2.39. The number of anilines is 1. The van der Waals surface area contributed by atoms with E-state index < -0.39 is 5.91 Å². The maximum absolute atomic E-state index is 13.2. The fraction of sp³-hybridized carbons (Fsp3) is 0.259. The van der Waals surface area contributed by atoms with Crippen LogP contribution in [0.25, 0.3) is 11.0 Å². The highest BCUT2D eigenvalue weighted by Gasteiger charge is 2.33. The molecule has 0 saturated heterocycles. The van der Waals surface area contributed by atoms with Crippen LogP contribution in [0.4, 0.5) is 10.5 Å². The largest absolute Gasteiger partial charge is 0.365 e. The fourth-order valence-electron chi connectivity index (χ4n) is 5.31. The second-order valence-electron chi connectivity index (χ2n) is 9.41. The number of pyridine rings is 1. The second-order valence-corrected chi connectivity index (χ2v) is 9.77. The van der Waals surface area contributed by atoms with Crippen LogP contribution in [0.2, 0.25) is 5.15 Å². The summed E-state index contributed by atoms with van der Waals surface area (Å²) in [6, 6.07) is 11.2. The lowest BCUT2D eigenvalue weighted by molar-refractivity contribution is 0.0998. The monoisotopic (exact) mass is 515 g/mol. The number of nitrogens with zero attached hydrogens (tertiary/aromatic N) is 4. The molecule has 4 heterocycles. The number of hydrogen-bond acceptors (Lipinski definition) is 4. The molecule has 1 unspecified atom stereocenters. The Bertz CT molecular complexity index is 1540. The van der Waals surface area contributed by atoms with Crippen molar-refractivity contribution >= 4 is 40.3 Å². The summed E-state index contributed by atoms with van der Waals surface area (Å²) in [6.07, 6.45) is 9.09. The van der Waals surface area contributed by atoms with Gasteiger partial charge in [0, 0.05) is 48.2 Å². The predicted molar refractivity (Wildman–Crippen MR) is 142 cm³/mol. The third kappa shape index (κ3) is 4.35. The molecule has 0 radical (unpaired) electrons. The van der Waals surface area contributed by atoms with E-state index in [0.29, 0.717) is 35.8 Å². The zero-order valence-electron chi connectivity index (χ0n) is 20.1. The van der Waals surface area contributed by atoms with Gasteiger partial charge < -0.3 is 25.5 Å². The summed E-state index contributed by atoms with van der Waals surface area (Å²) in [5, 5.41) is 3.34. The number of primary amides is 1. The van der Waals surface area contributed by atoms with Gasteiger partial charge in [-0.25, -0.2) is 9.78 Å². The van der Waals surface area contributed by atoms with Crippen molar-refractivity contribution in [3.63, 3.8) is 0 Å². The number of hydrogen-bond donors (Lipinski definition) is 3. The lowest BCUT2D eigenvalue weighted by Gasteiger charge is -2.29. The van der Waals surface area contributed by atoms with Gasteiger partial charge in [-0.3, -0.25) is 9.78 Å². The minimum absolute atomic E-state index is 0.110. The third-order valence-corrected chi connectivity index (χ3v) is 7.41. The topological polar surface area (TPSA) is 122 Å². The normalized spacial score (nSPS) is 16.8. The molecule has 0 spiro atoms. The summed E-state index contributed by atoms with van der Waals surface area (Å²) in [5.41, 5.74) is 11.0. The number of nitrogens with two attached hydrogens (primary N) is 1. The standard InChI is InChI=1S/C27H26ClN7O2/c28-25-24(26(29)36)19-15-34(12-10-22(19)35(25)18-6-1-2-7-18)27(37)31-17-8-9-20-21(13-17)33-23(32-20)14-16-5-3-4-11-30-16/h1,3-6,8-9,11,13,18H,2,7,10,12,14-15H2,(H2,29,36)(H,31,37)(H,32,33). The summed E-state index contributed by atoms with van der Waals surface area (Å²) < 4.78 is 2.02. The number of carbonyl (C=O) groups is 2. The van der Waals surface area contributed by atoms with Crippen LogP contribution in [0.15, 0.2) is 54.7 Å². The van der Waals surface area contributed by atoms with Gasteiger partial charge in [0.2, 0.25) is 0 Å². The van der Waals surface area contributed by atoms with E-state index in [9.17, 15) is 9.59 Å². The van der Waals surface area contributed by atoms with Crippen molar-refractivity contribution in [1.29, 1.82) is 0 Å². The van der Waals surface area contributed by atoms with Crippen LogP contribution in [0, 0.1) is 0 Å². The van der Waals surface area contributed by atoms with Crippen LogP contribution in [0.3, 0.4) is 0 Å². The molecule has 6 rings (SSSR count). The first-order valence-corrected chi connectivity index (χ1v) is 12.7. The van der Waals surface area contributed by atoms with E-state index in [2.05, 4.69) is 32.4 Å². The van der Waals surface area contributed by atoms with Gasteiger partial charge in [0.25, 0.3) is 5.91 Å². The maximum atomic E-state index is 13.2. The number of fused-ring (bicyclic) bond motifs is 2.